The summed E-state index contributed by atoms with van der Waals surface area (Å²) in [6, 6.07) is 3.15. The van der Waals surface area contributed by atoms with Crippen molar-refractivity contribution in [3.05, 3.63) is 39.4 Å². The zero-order valence-corrected chi connectivity index (χ0v) is 14.8. The van der Waals surface area contributed by atoms with Crippen LogP contribution >= 0.6 is 0 Å². The van der Waals surface area contributed by atoms with Gasteiger partial charge in [0.25, 0.3) is 11.8 Å². The summed E-state index contributed by atoms with van der Waals surface area (Å²) in [6.45, 7) is 0. The van der Waals surface area contributed by atoms with E-state index in [1.165, 1.54) is 31.4 Å². The predicted molar refractivity (Wildman–Crippen MR) is 94.9 cm³/mol. The number of nitrogens with zero attached hydrogens (tertiary/aromatic N) is 2. The third-order valence-electron chi connectivity index (χ3n) is 4.78. The number of nitro benzene ring substituents is 1. The van der Waals surface area contributed by atoms with Crippen molar-refractivity contribution < 1.29 is 24.0 Å². The highest BCUT2D eigenvalue weighted by atomic mass is 16.6. The van der Waals surface area contributed by atoms with Crippen LogP contribution in [0.5, 0.6) is 5.75 Å². The van der Waals surface area contributed by atoms with Crippen molar-refractivity contribution in [1.82, 2.24) is 10.2 Å². The van der Waals surface area contributed by atoms with E-state index >= 15 is 0 Å². The number of ether oxygens (including phenoxy) is 1. The lowest BCUT2D eigenvalue weighted by Gasteiger charge is -2.35. The third-order valence-corrected chi connectivity index (χ3v) is 4.78. The van der Waals surface area contributed by atoms with Gasteiger partial charge in [0.15, 0.2) is 5.75 Å². The van der Waals surface area contributed by atoms with E-state index < -0.39 is 22.8 Å². The average molecular weight is 373 g/mol. The van der Waals surface area contributed by atoms with E-state index in [4.69, 9.17) is 4.74 Å². The largest absolute Gasteiger partial charge is 0.490 e. The Morgan fingerprint density at radius 1 is 1.22 bits per heavy atom. The van der Waals surface area contributed by atoms with Crippen molar-refractivity contribution in [2.75, 3.05) is 7.11 Å². The van der Waals surface area contributed by atoms with Gasteiger partial charge in [-0.3, -0.25) is 29.9 Å². The van der Waals surface area contributed by atoms with Crippen LogP contribution < -0.4 is 10.1 Å². The van der Waals surface area contributed by atoms with Gasteiger partial charge in [0, 0.05) is 12.1 Å². The molecule has 3 rings (SSSR count). The highest BCUT2D eigenvalue weighted by molar-refractivity contribution is 6.31. The molecule has 2 aliphatic rings. The van der Waals surface area contributed by atoms with E-state index in [2.05, 4.69) is 5.32 Å². The van der Waals surface area contributed by atoms with Gasteiger partial charge in [-0.2, -0.15) is 0 Å². The molecule has 1 saturated carbocycles. The zero-order chi connectivity index (χ0) is 19.6. The van der Waals surface area contributed by atoms with Gasteiger partial charge in [0.1, 0.15) is 5.57 Å². The molecule has 1 aromatic carbocycles. The van der Waals surface area contributed by atoms with Crippen molar-refractivity contribution in [1.29, 1.82) is 0 Å². The van der Waals surface area contributed by atoms with Gasteiger partial charge in [0.05, 0.1) is 12.0 Å². The lowest BCUT2D eigenvalue weighted by Crippen LogP contribution is -2.58. The SMILES string of the molecule is COc1ccc(C=C2C(=O)NC(=O)N(C3CCCCC3)C2=O)cc1[N+](=O)[O-]. The maximum absolute atomic E-state index is 12.8. The molecule has 0 radical (unpaired) electrons. The lowest BCUT2D eigenvalue weighted by molar-refractivity contribution is -0.385. The highest BCUT2D eigenvalue weighted by Gasteiger charge is 2.40. The second-order valence-corrected chi connectivity index (χ2v) is 6.47. The summed E-state index contributed by atoms with van der Waals surface area (Å²) < 4.78 is 4.94. The van der Waals surface area contributed by atoms with Crippen LogP contribution in [0.1, 0.15) is 37.7 Å². The standard InChI is InChI=1S/C18H19N3O6/c1-27-15-8-7-11(10-14(15)21(25)26)9-13-16(22)19-18(24)20(17(13)23)12-5-3-2-4-6-12/h7-10,12H,2-6H2,1H3,(H,19,22,24). The second-order valence-electron chi connectivity index (χ2n) is 6.47. The maximum atomic E-state index is 12.8. The minimum atomic E-state index is -0.810. The molecule has 1 aliphatic carbocycles. The number of nitrogens with one attached hydrogen (secondary N) is 1. The Morgan fingerprint density at radius 3 is 2.56 bits per heavy atom. The summed E-state index contributed by atoms with van der Waals surface area (Å²) in [7, 11) is 1.31. The summed E-state index contributed by atoms with van der Waals surface area (Å²) in [5.41, 5.74) is -0.214. The zero-order valence-electron chi connectivity index (χ0n) is 14.8. The summed E-state index contributed by atoms with van der Waals surface area (Å²) >= 11 is 0. The Morgan fingerprint density at radius 2 is 1.93 bits per heavy atom. The molecular formula is C18H19N3O6. The van der Waals surface area contributed by atoms with Gasteiger partial charge in [0.2, 0.25) is 0 Å². The number of barbiturate groups is 1. The Labute approximate surface area is 155 Å². The summed E-state index contributed by atoms with van der Waals surface area (Å²) in [4.78, 5) is 48.8. The van der Waals surface area contributed by atoms with E-state index in [0.717, 1.165) is 24.2 Å². The van der Waals surface area contributed by atoms with Crippen molar-refractivity contribution in [2.45, 2.75) is 38.1 Å². The average Bonchev–Trinajstić information content (AvgIpc) is 2.65. The fourth-order valence-corrected chi connectivity index (χ4v) is 3.45. The van der Waals surface area contributed by atoms with Crippen LogP contribution in [0.25, 0.3) is 6.08 Å². The Balaban J connectivity index is 1.95. The molecule has 1 aliphatic heterocycles. The molecule has 9 heteroatoms. The molecule has 0 spiro atoms. The van der Waals surface area contributed by atoms with Gasteiger partial charge >= 0.3 is 11.7 Å². The first-order chi connectivity index (χ1) is 12.9. The van der Waals surface area contributed by atoms with E-state index in [1.54, 1.807) is 0 Å². The minimum absolute atomic E-state index is 0.0700. The van der Waals surface area contributed by atoms with Crippen LogP contribution in [-0.4, -0.2) is 40.8 Å². The van der Waals surface area contributed by atoms with E-state index in [0.29, 0.717) is 18.4 Å². The molecule has 1 heterocycles. The van der Waals surface area contributed by atoms with Crippen LogP contribution in [0.4, 0.5) is 10.5 Å². The fourth-order valence-electron chi connectivity index (χ4n) is 3.45. The maximum Gasteiger partial charge on any atom is 0.331 e. The monoisotopic (exact) mass is 373 g/mol. The molecule has 1 aromatic rings. The van der Waals surface area contributed by atoms with Crippen molar-refractivity contribution in [2.24, 2.45) is 0 Å². The van der Waals surface area contributed by atoms with Crippen LogP contribution in [0.3, 0.4) is 0 Å². The summed E-state index contributed by atoms with van der Waals surface area (Å²) in [5, 5.41) is 13.3. The number of hydrogen-bond acceptors (Lipinski definition) is 6. The third kappa shape index (κ3) is 3.67. The number of urea groups is 1. The summed E-state index contributed by atoms with van der Waals surface area (Å²) in [6.07, 6.45) is 5.55. The first kappa shape index (κ1) is 18.6. The number of hydrogen-bond donors (Lipinski definition) is 1. The molecule has 0 bridgehead atoms. The second kappa shape index (κ2) is 7.56. The molecule has 0 unspecified atom stereocenters. The quantitative estimate of drug-likeness (QED) is 0.375. The van der Waals surface area contributed by atoms with Crippen LogP contribution in [0.15, 0.2) is 23.8 Å². The molecule has 27 heavy (non-hydrogen) atoms. The molecule has 0 aromatic heterocycles. The molecule has 142 valence electrons. The molecule has 1 N–H and O–H groups in total. The Hall–Kier alpha value is -3.23. The number of carbonyl (C=O) groups is 3. The smallest absolute Gasteiger partial charge is 0.331 e. The lowest BCUT2D eigenvalue weighted by atomic mass is 9.93. The minimum Gasteiger partial charge on any atom is -0.490 e. The van der Waals surface area contributed by atoms with Gasteiger partial charge in [-0.1, -0.05) is 25.3 Å². The number of rotatable bonds is 4. The first-order valence-electron chi connectivity index (χ1n) is 8.65. The fraction of sp³-hybridized carbons (Fsp3) is 0.389. The van der Waals surface area contributed by atoms with Crippen molar-refractivity contribution in [3.63, 3.8) is 0 Å². The van der Waals surface area contributed by atoms with Gasteiger partial charge in [-0.05, 0) is 30.5 Å². The van der Waals surface area contributed by atoms with E-state index in [9.17, 15) is 24.5 Å². The van der Waals surface area contributed by atoms with E-state index in [1.807, 2.05) is 0 Å². The molecular weight excluding hydrogens is 354 g/mol. The number of amides is 4. The number of methoxy groups -OCH3 is 1. The highest BCUT2D eigenvalue weighted by Crippen LogP contribution is 2.30. The number of imide groups is 2. The molecule has 2 fully saturated rings. The van der Waals surface area contributed by atoms with Crippen molar-refractivity contribution >= 4 is 29.6 Å². The van der Waals surface area contributed by atoms with Gasteiger partial charge in [-0.15, -0.1) is 0 Å². The van der Waals surface area contributed by atoms with Crippen LogP contribution in [0, 0.1) is 10.1 Å². The predicted octanol–water partition coefficient (Wildman–Crippen LogP) is 2.40. The van der Waals surface area contributed by atoms with Crippen LogP contribution in [-0.2, 0) is 9.59 Å². The van der Waals surface area contributed by atoms with Gasteiger partial charge < -0.3 is 4.74 Å². The Bertz CT molecular complexity index is 841. The molecule has 1 saturated heterocycles. The summed E-state index contributed by atoms with van der Waals surface area (Å²) in [5.74, 6) is -1.41. The Kier molecular flexibility index (Phi) is 5.20. The van der Waals surface area contributed by atoms with E-state index in [-0.39, 0.29) is 23.1 Å². The molecule has 9 nitrogen and oxygen atoms in total. The van der Waals surface area contributed by atoms with Crippen molar-refractivity contribution in [3.8, 4) is 5.75 Å². The number of nitro groups is 1. The topological polar surface area (TPSA) is 119 Å². The van der Waals surface area contributed by atoms with Crippen LogP contribution in [0.2, 0.25) is 0 Å². The first-order valence-corrected chi connectivity index (χ1v) is 8.65. The molecule has 4 amide bonds. The molecule has 0 atom stereocenters. The number of carbonyl (C=O) groups excluding carboxylic acids is 3. The number of benzene rings is 1. The van der Waals surface area contributed by atoms with Gasteiger partial charge in [-0.25, -0.2) is 4.79 Å². The normalized spacial score (nSPS) is 20.0.